The van der Waals surface area contributed by atoms with E-state index in [1.165, 1.54) is 103 Å². The quantitative estimate of drug-likeness (QED) is 0.0169. The molecule has 0 aliphatic carbocycles. The van der Waals surface area contributed by atoms with E-state index in [0.717, 1.165) is 116 Å². The first-order valence-electron chi connectivity index (χ1n) is 32.6. The zero-order valence-electron chi connectivity index (χ0n) is 51.9. The van der Waals surface area contributed by atoms with Crippen LogP contribution in [0.2, 0.25) is 0 Å². The fourth-order valence-electron chi connectivity index (χ4n) is 8.92. The lowest BCUT2D eigenvalue weighted by Gasteiger charge is -2.21. The van der Waals surface area contributed by atoms with Crippen LogP contribution in [-0.2, 0) is 65.4 Å². The predicted molar refractivity (Wildman–Crippen MR) is 326 cm³/mol. The number of phosphoric acid groups is 2. The number of hydrogen-bond donors (Lipinski definition) is 3. The third-order valence-corrected chi connectivity index (χ3v) is 15.9. The first kappa shape index (κ1) is 79.5. The Morgan fingerprint density at radius 1 is 0.341 bits per heavy atom. The number of hydrogen-bond acceptors (Lipinski definition) is 15. The Labute approximate surface area is 497 Å². The summed E-state index contributed by atoms with van der Waals surface area (Å²) in [6, 6.07) is 0. The lowest BCUT2D eigenvalue weighted by atomic mass is 10.0. The minimum absolute atomic E-state index is 0.0967. The number of esters is 4. The maximum atomic E-state index is 13.0. The Morgan fingerprint density at radius 2 is 0.585 bits per heavy atom. The highest BCUT2D eigenvalue weighted by molar-refractivity contribution is 7.47. The van der Waals surface area contributed by atoms with Gasteiger partial charge in [-0.15, -0.1) is 0 Å². The van der Waals surface area contributed by atoms with Crippen molar-refractivity contribution in [1.82, 2.24) is 0 Å². The van der Waals surface area contributed by atoms with Gasteiger partial charge >= 0.3 is 39.5 Å². The SMILES string of the molecule is CCCCCC/C=C\C=C/CCCCCCCC(=O)OC[C@H](COP(=O)(O)OC[C@@H](O)COP(=O)(O)OC[C@@H](COC(=O)CCCCCCC)OC(=O)CCCCCCC)OC(=O)CCCCCCCCCCCCCCCCCCC. The minimum Gasteiger partial charge on any atom is -0.462 e. The van der Waals surface area contributed by atoms with E-state index < -0.39 is 97.5 Å². The van der Waals surface area contributed by atoms with Crippen LogP contribution in [0.25, 0.3) is 0 Å². The van der Waals surface area contributed by atoms with Crippen molar-refractivity contribution in [3.63, 3.8) is 0 Å². The van der Waals surface area contributed by atoms with Crippen molar-refractivity contribution in [2.45, 2.75) is 316 Å². The van der Waals surface area contributed by atoms with Gasteiger partial charge in [-0.1, -0.05) is 245 Å². The lowest BCUT2D eigenvalue weighted by molar-refractivity contribution is -0.161. The summed E-state index contributed by atoms with van der Waals surface area (Å²) in [6.45, 7) is 4.64. The number of carbonyl (C=O) groups is 4. The monoisotopic (exact) mass is 1210 g/mol. The van der Waals surface area contributed by atoms with Crippen LogP contribution in [0.3, 0.4) is 0 Å². The Morgan fingerprint density at radius 3 is 0.890 bits per heavy atom. The summed E-state index contributed by atoms with van der Waals surface area (Å²) in [5.41, 5.74) is 0. The third kappa shape index (κ3) is 56.7. The standard InChI is InChI=1S/C63H118O17P2/c1-5-9-13-17-19-21-23-25-27-28-30-32-34-36-38-42-46-50-63(68)80-59(54-74-61(66)48-44-41-37-35-33-31-29-26-24-22-20-18-14-10-6-2)56-78-82(71,72)76-52-57(64)51-75-81(69,70)77-55-58(79-62(67)49-45-40-16-12-8-4)53-73-60(65)47-43-39-15-11-7-3/h22,24,26,29,57-59,64H,5-21,23,25,27-28,30-56H2,1-4H3,(H,69,70)(H,71,72)/b24-22-,29-26-/t57-,58+,59+/m0/s1. The van der Waals surface area contributed by atoms with Crippen molar-refractivity contribution in [2.24, 2.45) is 0 Å². The number of phosphoric ester groups is 2. The molecule has 0 saturated heterocycles. The van der Waals surface area contributed by atoms with E-state index in [2.05, 4.69) is 52.0 Å². The summed E-state index contributed by atoms with van der Waals surface area (Å²) in [7, 11) is -9.87. The average molecular weight is 1210 g/mol. The van der Waals surface area contributed by atoms with E-state index in [4.69, 9.17) is 37.0 Å². The molecule has 0 heterocycles. The molecule has 0 fully saturated rings. The van der Waals surface area contributed by atoms with Gasteiger partial charge in [0, 0.05) is 25.7 Å². The predicted octanol–water partition coefficient (Wildman–Crippen LogP) is 17.1. The molecule has 3 N–H and O–H groups in total. The largest absolute Gasteiger partial charge is 0.472 e. The van der Waals surface area contributed by atoms with Gasteiger partial charge < -0.3 is 33.8 Å². The first-order valence-corrected chi connectivity index (χ1v) is 35.6. The van der Waals surface area contributed by atoms with Crippen LogP contribution in [0.5, 0.6) is 0 Å². The van der Waals surface area contributed by atoms with Crippen LogP contribution in [0.4, 0.5) is 0 Å². The van der Waals surface area contributed by atoms with Crippen molar-refractivity contribution in [3.8, 4) is 0 Å². The van der Waals surface area contributed by atoms with Gasteiger partial charge in [0.1, 0.15) is 19.3 Å². The van der Waals surface area contributed by atoms with E-state index in [-0.39, 0.29) is 25.7 Å². The second-order valence-electron chi connectivity index (χ2n) is 22.1. The smallest absolute Gasteiger partial charge is 0.462 e. The summed E-state index contributed by atoms with van der Waals surface area (Å²) in [5, 5.41) is 10.5. The van der Waals surface area contributed by atoms with Gasteiger partial charge in [-0.25, -0.2) is 9.13 Å². The highest BCUT2D eigenvalue weighted by Crippen LogP contribution is 2.45. The number of allylic oxidation sites excluding steroid dienone is 4. The van der Waals surface area contributed by atoms with Crippen LogP contribution in [0, 0.1) is 0 Å². The molecule has 0 aliphatic rings. The number of ether oxygens (including phenoxy) is 4. The van der Waals surface area contributed by atoms with Crippen LogP contribution < -0.4 is 0 Å². The maximum absolute atomic E-state index is 13.0. The third-order valence-electron chi connectivity index (χ3n) is 14.0. The molecular weight excluding hydrogens is 1090 g/mol. The Kier molecular flexibility index (Phi) is 55.9. The Bertz CT molecular complexity index is 1680. The highest BCUT2D eigenvalue weighted by atomic mass is 31.2. The van der Waals surface area contributed by atoms with Gasteiger partial charge in [0.15, 0.2) is 12.2 Å². The van der Waals surface area contributed by atoms with Gasteiger partial charge in [-0.3, -0.25) is 37.3 Å². The zero-order valence-corrected chi connectivity index (χ0v) is 53.7. The number of unbranched alkanes of at least 4 members (excludes halogenated alkanes) is 33. The summed E-state index contributed by atoms with van der Waals surface area (Å²) >= 11 is 0. The maximum Gasteiger partial charge on any atom is 0.472 e. The van der Waals surface area contributed by atoms with Gasteiger partial charge in [0.25, 0.3) is 0 Å². The molecule has 5 atom stereocenters. The molecule has 19 heteroatoms. The van der Waals surface area contributed by atoms with Gasteiger partial charge in [-0.2, -0.15) is 0 Å². The molecule has 0 rings (SSSR count). The van der Waals surface area contributed by atoms with Crippen molar-refractivity contribution in [2.75, 3.05) is 39.6 Å². The van der Waals surface area contributed by atoms with Gasteiger partial charge in [0.05, 0.1) is 26.4 Å². The molecule has 0 saturated carbocycles. The van der Waals surface area contributed by atoms with Crippen LogP contribution in [0.15, 0.2) is 24.3 Å². The number of rotatable bonds is 62. The van der Waals surface area contributed by atoms with Crippen LogP contribution in [0.1, 0.15) is 297 Å². The average Bonchev–Trinajstić information content (AvgIpc) is 3.47. The molecule has 0 amide bonds. The van der Waals surface area contributed by atoms with Crippen LogP contribution >= 0.6 is 15.6 Å². The molecule has 0 radical (unpaired) electrons. The Balaban J connectivity index is 5.14. The van der Waals surface area contributed by atoms with E-state index in [9.17, 15) is 43.2 Å². The van der Waals surface area contributed by atoms with Crippen molar-refractivity contribution < 1.29 is 80.2 Å². The molecule has 0 bridgehead atoms. The molecule has 17 nitrogen and oxygen atoms in total. The van der Waals surface area contributed by atoms with E-state index in [1.807, 2.05) is 0 Å². The molecular formula is C63H118O17P2. The normalized spacial score (nSPS) is 14.4. The topological polar surface area (TPSA) is 237 Å². The first-order chi connectivity index (χ1) is 39.7. The molecule has 0 aromatic heterocycles. The van der Waals surface area contributed by atoms with Crippen molar-refractivity contribution >= 4 is 39.5 Å². The fraction of sp³-hybridized carbons (Fsp3) is 0.873. The molecule has 0 spiro atoms. The van der Waals surface area contributed by atoms with E-state index in [1.54, 1.807) is 0 Å². The van der Waals surface area contributed by atoms with Gasteiger partial charge in [0.2, 0.25) is 0 Å². The van der Waals surface area contributed by atoms with Crippen molar-refractivity contribution in [3.05, 3.63) is 24.3 Å². The molecule has 2 unspecified atom stereocenters. The summed E-state index contributed by atoms with van der Waals surface area (Å²) in [6.07, 6.45) is 46.1. The highest BCUT2D eigenvalue weighted by Gasteiger charge is 2.30. The molecule has 0 aromatic rings. The summed E-state index contributed by atoms with van der Waals surface area (Å²) in [5.74, 6) is -2.19. The van der Waals surface area contributed by atoms with Gasteiger partial charge in [-0.05, 0) is 51.4 Å². The summed E-state index contributed by atoms with van der Waals surface area (Å²) in [4.78, 5) is 71.6. The number of aliphatic hydroxyl groups excluding tert-OH is 1. The molecule has 482 valence electrons. The fourth-order valence-corrected chi connectivity index (χ4v) is 10.5. The minimum atomic E-state index is -4.95. The molecule has 0 aliphatic heterocycles. The molecule has 0 aromatic carbocycles. The Hall–Kier alpha value is -2.46. The number of carbonyl (C=O) groups excluding carboxylic acids is 4. The molecule has 82 heavy (non-hydrogen) atoms. The van der Waals surface area contributed by atoms with E-state index in [0.29, 0.717) is 25.7 Å². The second-order valence-corrected chi connectivity index (χ2v) is 25.0. The zero-order chi connectivity index (χ0) is 60.5. The van der Waals surface area contributed by atoms with E-state index >= 15 is 0 Å². The van der Waals surface area contributed by atoms with Crippen molar-refractivity contribution in [1.29, 1.82) is 0 Å². The number of aliphatic hydroxyl groups is 1. The lowest BCUT2D eigenvalue weighted by Crippen LogP contribution is -2.30. The van der Waals surface area contributed by atoms with Crippen LogP contribution in [-0.4, -0.2) is 96.7 Å². The summed E-state index contributed by atoms with van der Waals surface area (Å²) < 4.78 is 67.5. The second kappa shape index (κ2) is 57.6.